The van der Waals surface area contributed by atoms with Crippen molar-refractivity contribution in [1.82, 2.24) is 58.4 Å². The third-order valence-corrected chi connectivity index (χ3v) is 20.0. The highest BCUT2D eigenvalue weighted by atomic mass is 35.7. The van der Waals surface area contributed by atoms with E-state index in [1.807, 2.05) is 69.5 Å². The summed E-state index contributed by atoms with van der Waals surface area (Å²) in [6.45, 7) is 6.20. The molecule has 0 bridgehead atoms. The third kappa shape index (κ3) is 12.2. The Morgan fingerprint density at radius 3 is 1.36 bits per heavy atom. The summed E-state index contributed by atoms with van der Waals surface area (Å²) in [5, 5.41) is 39.8. The van der Waals surface area contributed by atoms with Crippen LogP contribution in [-0.2, 0) is 33.2 Å². The van der Waals surface area contributed by atoms with Gasteiger partial charge in [-0.1, -0.05) is 42.8 Å². The number of nitriles is 2. The number of nitrogens with one attached hydrogen (secondary N) is 1. The minimum absolute atomic E-state index is 0. The minimum atomic E-state index is -4.10. The number of aryl methyl sites for hydroxylation is 2. The van der Waals surface area contributed by atoms with Crippen LogP contribution in [0.5, 0.6) is 0 Å². The number of rotatable bonds is 9. The number of nitrogens with zero attached hydrogens (tertiary/aromatic N) is 15. The van der Waals surface area contributed by atoms with E-state index in [9.17, 15) is 36.1 Å². The van der Waals surface area contributed by atoms with E-state index < -0.39 is 40.5 Å². The molecule has 0 amide bonds. The molecule has 1 N–H and O–H groups in total. The van der Waals surface area contributed by atoms with Crippen molar-refractivity contribution in [2.75, 3.05) is 62.2 Å². The molecule has 20 nitrogen and oxygen atoms in total. The predicted molar refractivity (Wildman–Crippen MR) is 331 cm³/mol. The lowest BCUT2D eigenvalue weighted by Gasteiger charge is -2.23. The highest BCUT2D eigenvalue weighted by Crippen LogP contribution is 2.40. The fourth-order valence-electron chi connectivity index (χ4n) is 11.7. The Morgan fingerprint density at radius 1 is 0.552 bits per heavy atom. The van der Waals surface area contributed by atoms with Gasteiger partial charge in [-0.15, -0.1) is 12.4 Å². The zero-order chi connectivity index (χ0) is 59.5. The first-order valence-electron chi connectivity index (χ1n) is 26.6. The van der Waals surface area contributed by atoms with Crippen molar-refractivity contribution in [2.45, 2.75) is 17.2 Å². The summed E-state index contributed by atoms with van der Waals surface area (Å²) >= 11 is 11.5. The van der Waals surface area contributed by atoms with Crippen molar-refractivity contribution in [3.63, 3.8) is 0 Å². The highest BCUT2D eigenvalue weighted by Gasteiger charge is 2.46. The molecule has 2 aromatic carbocycles. The van der Waals surface area contributed by atoms with Crippen LogP contribution in [0.1, 0.15) is 18.6 Å². The van der Waals surface area contributed by atoms with E-state index in [-0.39, 0.29) is 41.7 Å². The molecule has 0 saturated carbocycles. The maximum absolute atomic E-state index is 14.4. The molecule has 0 radical (unpaired) electrons. The van der Waals surface area contributed by atoms with E-state index in [1.165, 1.54) is 28.6 Å². The van der Waals surface area contributed by atoms with Gasteiger partial charge in [-0.05, 0) is 84.3 Å². The summed E-state index contributed by atoms with van der Waals surface area (Å²) in [5.41, 5.74) is 9.93. The first kappa shape index (κ1) is 62.0. The molecule has 14 rings (SSSR count). The molecular formula is C59H54Cl4F2N16O4S2. The van der Waals surface area contributed by atoms with E-state index in [2.05, 4.69) is 65.8 Å². The fourth-order valence-corrected chi connectivity index (χ4v) is 15.5. The van der Waals surface area contributed by atoms with Gasteiger partial charge in [-0.3, -0.25) is 9.36 Å². The first-order chi connectivity index (χ1) is 40.8. The van der Waals surface area contributed by atoms with E-state index in [1.54, 1.807) is 43.2 Å². The number of pyridine rings is 4. The summed E-state index contributed by atoms with van der Waals surface area (Å²) in [4.78, 5) is 13.0. The van der Waals surface area contributed by atoms with Gasteiger partial charge in [0.2, 0.25) is 10.0 Å². The normalized spacial score (nSPS) is 18.0. The summed E-state index contributed by atoms with van der Waals surface area (Å²) in [7, 11) is 0.528. The van der Waals surface area contributed by atoms with Crippen LogP contribution in [0.15, 0.2) is 145 Å². The number of halogens is 6. The number of fused-ring (bicyclic) bond motifs is 4. The van der Waals surface area contributed by atoms with Gasteiger partial charge in [0.15, 0.2) is 0 Å². The molecule has 0 aliphatic carbocycles. The van der Waals surface area contributed by atoms with Crippen molar-refractivity contribution in [3.8, 4) is 56.6 Å². The lowest BCUT2D eigenvalue weighted by molar-refractivity contribution is 0.447. The Balaban J connectivity index is 0.000000163. The van der Waals surface area contributed by atoms with Gasteiger partial charge in [0, 0.05) is 159 Å². The van der Waals surface area contributed by atoms with Gasteiger partial charge in [0.25, 0.3) is 9.05 Å². The zero-order valence-corrected chi connectivity index (χ0v) is 50.3. The van der Waals surface area contributed by atoms with Crippen LogP contribution in [0.2, 0.25) is 10.0 Å². The molecule has 448 valence electrons. The minimum Gasteiger partial charge on any atom is -0.356 e. The number of anilines is 2. The Kier molecular flexibility index (Phi) is 17.8. The van der Waals surface area contributed by atoms with Crippen LogP contribution >= 0.6 is 46.3 Å². The topological polar surface area (TPSA) is 234 Å². The van der Waals surface area contributed by atoms with Crippen molar-refractivity contribution in [1.29, 1.82) is 10.5 Å². The van der Waals surface area contributed by atoms with E-state index >= 15 is 0 Å². The van der Waals surface area contributed by atoms with Crippen LogP contribution in [0.3, 0.4) is 0 Å². The van der Waals surface area contributed by atoms with Gasteiger partial charge >= 0.3 is 0 Å². The third-order valence-electron chi connectivity index (χ3n) is 15.8. The van der Waals surface area contributed by atoms with E-state index in [0.29, 0.717) is 42.8 Å². The lowest BCUT2D eigenvalue weighted by atomic mass is 10.0. The predicted octanol–water partition coefficient (Wildman–Crippen LogP) is 10.0. The van der Waals surface area contributed by atoms with Gasteiger partial charge in [-0.2, -0.15) is 35.2 Å². The molecule has 8 aromatic heterocycles. The van der Waals surface area contributed by atoms with Gasteiger partial charge < -0.3 is 15.1 Å². The highest BCUT2D eigenvalue weighted by molar-refractivity contribution is 8.13. The lowest BCUT2D eigenvalue weighted by Crippen LogP contribution is -2.34. The SMILES string of the molecule is C.Cl.Cn1cc(-c2cc(-c3ccc(N4C[C@@H]5CN(S(=O)(=O)c6c(F)cccc6Cl)C[C@@H]5C4)nc3)c3c(C#N)cnn3c2)cn1.Cn1cc(-c2cc(-c3ccc(N4C[C@H]5CNC[C@H]5C4)nc3)c3c(C#N)cnn3c2)cn1.O=S(=O)(Cl)c1c(F)cccc1Cl. The monoisotopic (exact) mass is 1290 g/mol. The number of sulfonamides is 1. The number of aromatic nitrogens is 10. The molecule has 4 aliphatic heterocycles. The Hall–Kier alpha value is -8.04. The molecule has 10 aromatic rings. The standard InChI is InChI=1S/C29H24ClFN8O2S.C23H22N8.C6H3Cl2FO2S.CH4.ClH/c1-36-12-21(11-34-36)19-7-24(28-20(8-32)10-35-39(28)17-19)18-5-6-27(33-9-18)37-13-22-15-38(16-23(22)14-37)42(40,41)29-25(30)3-2-4-26(29)31;1-29-11-20(10-27-29)16-4-21(23-17(5-24)9-28-31(23)14-16)15-2-3-22(26-8-15)30-12-18-6-25-7-19(18)13-30;7-4-2-1-3-5(9)6(4)12(8,10)11;;/h2-7,9-12,17,22-23H,13-16H2,1H3;2-4,8-11,14,18-19,25H,6-7,12-13H2,1H3;1-3H;1H4;1H/t22-,23+;18-,19+;;;. The van der Waals surface area contributed by atoms with Crippen LogP contribution in [0.25, 0.3) is 55.5 Å². The Morgan fingerprint density at radius 2 is 0.989 bits per heavy atom. The van der Waals surface area contributed by atoms with Crippen molar-refractivity contribution in [3.05, 3.63) is 168 Å². The maximum atomic E-state index is 14.4. The smallest absolute Gasteiger partial charge is 0.265 e. The molecule has 4 fully saturated rings. The molecule has 4 atom stereocenters. The molecular weight excluding hydrogens is 1240 g/mol. The second-order valence-corrected chi connectivity index (χ2v) is 26.4. The number of hydrogen-bond acceptors (Lipinski definition) is 15. The van der Waals surface area contributed by atoms with Gasteiger partial charge in [0.1, 0.15) is 45.2 Å². The van der Waals surface area contributed by atoms with Crippen molar-refractivity contribution in [2.24, 2.45) is 37.8 Å². The molecule has 4 aliphatic rings. The van der Waals surface area contributed by atoms with Crippen LogP contribution in [-0.4, -0.2) is 122 Å². The summed E-state index contributed by atoms with van der Waals surface area (Å²) in [5.74, 6) is 1.65. The van der Waals surface area contributed by atoms with Crippen LogP contribution in [0, 0.1) is 58.0 Å². The summed E-state index contributed by atoms with van der Waals surface area (Å²) in [6.07, 6.45) is 18.2. The molecule has 4 saturated heterocycles. The summed E-state index contributed by atoms with van der Waals surface area (Å²) in [6, 6.07) is 24.1. The van der Waals surface area contributed by atoms with E-state index in [4.69, 9.17) is 43.9 Å². The number of benzene rings is 2. The first-order valence-corrected chi connectivity index (χ1v) is 31.1. The second-order valence-electron chi connectivity index (χ2n) is 21.2. The second kappa shape index (κ2) is 25.0. The zero-order valence-electron chi connectivity index (χ0n) is 45.6. The molecule has 28 heteroatoms. The Bertz CT molecular complexity index is 4480. The van der Waals surface area contributed by atoms with Crippen LogP contribution < -0.4 is 15.1 Å². The Labute approximate surface area is 520 Å². The largest absolute Gasteiger partial charge is 0.356 e. The van der Waals surface area contributed by atoms with Crippen LogP contribution in [0.4, 0.5) is 20.4 Å². The molecule has 0 unspecified atom stereocenters. The van der Waals surface area contributed by atoms with Gasteiger partial charge in [-0.25, -0.2) is 44.6 Å². The fraction of sp³-hybridized carbons (Fsp3) is 0.254. The summed E-state index contributed by atoms with van der Waals surface area (Å²) < 4.78 is 83.4. The molecule has 87 heavy (non-hydrogen) atoms. The molecule has 0 spiro atoms. The average molecular weight is 1300 g/mol. The number of hydrogen-bond donors (Lipinski definition) is 1. The van der Waals surface area contributed by atoms with Crippen molar-refractivity contribution >= 4 is 88.0 Å². The average Bonchev–Trinajstić information content (AvgIpc) is 1.94. The maximum Gasteiger partial charge on any atom is 0.265 e. The van der Waals surface area contributed by atoms with E-state index in [0.717, 1.165) is 112 Å². The molecule has 12 heterocycles. The quantitative estimate of drug-likeness (QED) is 0.132. The van der Waals surface area contributed by atoms with Crippen molar-refractivity contribution < 1.29 is 25.6 Å². The van der Waals surface area contributed by atoms with Gasteiger partial charge in [0.05, 0.1) is 57.0 Å².